The molecule has 1 aromatic carbocycles. The minimum Gasteiger partial charge on any atom is -0.344 e. The zero-order chi connectivity index (χ0) is 33.5. The normalized spacial score (nSPS) is 20.9. The average Bonchev–Trinajstić information content (AvgIpc) is 3.54. The molecule has 11 nitrogen and oxygen atoms in total. The number of benzene rings is 1. The minimum atomic E-state index is -0.858. The van der Waals surface area contributed by atoms with E-state index in [0.717, 1.165) is 38.8 Å². The van der Waals surface area contributed by atoms with Crippen LogP contribution in [-0.2, 0) is 14.4 Å². The Morgan fingerprint density at radius 2 is 1.65 bits per heavy atom. The van der Waals surface area contributed by atoms with E-state index < -0.39 is 35.6 Å². The van der Waals surface area contributed by atoms with E-state index in [1.807, 2.05) is 20.9 Å². The van der Waals surface area contributed by atoms with Gasteiger partial charge in [-0.1, -0.05) is 39.7 Å². The summed E-state index contributed by atoms with van der Waals surface area (Å²) in [5.41, 5.74) is 0.862. The largest absolute Gasteiger partial charge is 0.344 e. The number of aromatic nitrogens is 2. The Bertz CT molecular complexity index is 1380. The third-order valence-corrected chi connectivity index (χ3v) is 9.49. The minimum absolute atomic E-state index is 0.0175. The van der Waals surface area contributed by atoms with Gasteiger partial charge in [0.05, 0.1) is 5.69 Å². The Balaban J connectivity index is 1.52. The molecule has 46 heavy (non-hydrogen) atoms. The molecule has 0 radical (unpaired) electrons. The molecule has 2 heterocycles. The highest BCUT2D eigenvalue weighted by molar-refractivity contribution is 6.00. The maximum atomic E-state index is 15.6. The van der Waals surface area contributed by atoms with Gasteiger partial charge in [0.1, 0.15) is 23.6 Å². The Morgan fingerprint density at radius 1 is 0.978 bits per heavy atom. The fourth-order valence-electron chi connectivity index (χ4n) is 6.36. The smallest absolute Gasteiger partial charge is 0.270 e. The number of rotatable bonds is 11. The summed E-state index contributed by atoms with van der Waals surface area (Å²) in [5.74, 6) is -2.08. The zero-order valence-electron chi connectivity index (χ0n) is 28.0. The van der Waals surface area contributed by atoms with Gasteiger partial charge in [0.2, 0.25) is 17.7 Å². The monoisotopic (exact) mass is 639 g/mol. The molecule has 3 atom stereocenters. The summed E-state index contributed by atoms with van der Waals surface area (Å²) in [5, 5.41) is 12.8. The van der Waals surface area contributed by atoms with Crippen LogP contribution in [0.4, 0.5) is 10.1 Å². The van der Waals surface area contributed by atoms with Crippen LogP contribution in [0.25, 0.3) is 0 Å². The Hall–Kier alpha value is -3.80. The zero-order valence-corrected chi connectivity index (χ0v) is 28.0. The summed E-state index contributed by atoms with van der Waals surface area (Å²) < 4.78 is 17.3. The van der Waals surface area contributed by atoms with Crippen molar-refractivity contribution in [2.24, 2.45) is 11.8 Å². The predicted octanol–water partition coefficient (Wildman–Crippen LogP) is 3.94. The standard InChI is InChI=1S/C34H50FN7O4/c1-7-29(43)38-30(34(46)41-18-16-40(6)17-19-41)23(5)25-12-13-27(26(35)20-25)37-33(45)31(24-10-8-22(4)9-11-24)39-32(44)28-14-15-36-42(28)21(2)3/h12-15,20-24,30-31H,7-11,16-19H2,1-6H3,(H,37,45)(H,38,43)(H,39,44)/t22?,23-,24?,30+,31-/m0/s1. The van der Waals surface area contributed by atoms with Crippen LogP contribution in [0.15, 0.2) is 30.5 Å². The molecular weight excluding hydrogens is 589 g/mol. The Kier molecular flexibility index (Phi) is 11.9. The molecule has 1 saturated heterocycles. The van der Waals surface area contributed by atoms with Gasteiger partial charge >= 0.3 is 0 Å². The topological polar surface area (TPSA) is 129 Å². The number of hydrogen-bond donors (Lipinski definition) is 3. The van der Waals surface area contributed by atoms with Crippen LogP contribution in [-0.4, -0.2) is 88.5 Å². The molecular formula is C34H50FN7O4. The van der Waals surface area contributed by atoms with Gasteiger partial charge in [-0.15, -0.1) is 0 Å². The third kappa shape index (κ3) is 8.51. The van der Waals surface area contributed by atoms with Crippen LogP contribution in [0.2, 0.25) is 0 Å². The number of nitrogens with one attached hydrogen (secondary N) is 3. The van der Waals surface area contributed by atoms with Crippen molar-refractivity contribution in [3.05, 3.63) is 47.5 Å². The van der Waals surface area contributed by atoms with Gasteiger partial charge < -0.3 is 25.8 Å². The second kappa shape index (κ2) is 15.7. The molecule has 1 saturated carbocycles. The molecule has 1 aliphatic heterocycles. The molecule has 12 heteroatoms. The Morgan fingerprint density at radius 3 is 2.26 bits per heavy atom. The molecule has 1 aliphatic carbocycles. The summed E-state index contributed by atoms with van der Waals surface area (Å²) >= 11 is 0. The van der Waals surface area contributed by atoms with Crippen LogP contribution < -0.4 is 16.0 Å². The van der Waals surface area contributed by atoms with E-state index in [1.165, 1.54) is 12.1 Å². The number of piperazine rings is 1. The highest BCUT2D eigenvalue weighted by atomic mass is 19.1. The summed E-state index contributed by atoms with van der Waals surface area (Å²) in [6, 6.07) is 4.32. The molecule has 0 bridgehead atoms. The van der Waals surface area contributed by atoms with Crippen LogP contribution in [0.5, 0.6) is 0 Å². The number of likely N-dealkylation sites (N-methyl/N-ethyl adjacent to an activating group) is 1. The van der Waals surface area contributed by atoms with Crippen molar-refractivity contribution >= 4 is 29.3 Å². The lowest BCUT2D eigenvalue weighted by Crippen LogP contribution is -2.55. The highest BCUT2D eigenvalue weighted by Gasteiger charge is 2.35. The molecule has 4 rings (SSSR count). The number of anilines is 1. The molecule has 2 fully saturated rings. The molecule has 252 valence electrons. The van der Waals surface area contributed by atoms with E-state index in [2.05, 4.69) is 32.9 Å². The van der Waals surface area contributed by atoms with E-state index in [1.54, 1.807) is 41.8 Å². The van der Waals surface area contributed by atoms with Crippen LogP contribution in [0.1, 0.15) is 94.7 Å². The van der Waals surface area contributed by atoms with Gasteiger partial charge in [-0.05, 0) is 69.3 Å². The van der Waals surface area contributed by atoms with E-state index in [4.69, 9.17) is 0 Å². The fraction of sp³-hybridized carbons (Fsp3) is 0.618. The summed E-state index contributed by atoms with van der Waals surface area (Å²) in [4.78, 5) is 56.9. The molecule has 3 N–H and O–H groups in total. The predicted molar refractivity (Wildman–Crippen MR) is 175 cm³/mol. The molecule has 4 amide bonds. The second-order valence-corrected chi connectivity index (χ2v) is 13.3. The molecule has 0 unspecified atom stereocenters. The van der Waals surface area contributed by atoms with E-state index in [9.17, 15) is 19.2 Å². The number of halogens is 1. The number of hydrogen-bond acceptors (Lipinski definition) is 6. The fourth-order valence-corrected chi connectivity index (χ4v) is 6.36. The first-order chi connectivity index (χ1) is 21.9. The summed E-state index contributed by atoms with van der Waals surface area (Å²) in [6.07, 6.45) is 5.20. The second-order valence-electron chi connectivity index (χ2n) is 13.3. The maximum absolute atomic E-state index is 15.6. The quantitative estimate of drug-likeness (QED) is 0.342. The number of carbonyl (C=O) groups is 4. The van der Waals surface area contributed by atoms with Gasteiger partial charge in [0.25, 0.3) is 5.91 Å². The van der Waals surface area contributed by atoms with Crippen LogP contribution in [0, 0.1) is 17.7 Å². The van der Waals surface area contributed by atoms with Crippen LogP contribution in [0.3, 0.4) is 0 Å². The van der Waals surface area contributed by atoms with Crippen molar-refractivity contribution in [1.29, 1.82) is 0 Å². The maximum Gasteiger partial charge on any atom is 0.270 e. The first-order valence-electron chi connectivity index (χ1n) is 16.6. The van der Waals surface area contributed by atoms with Gasteiger partial charge in [-0.3, -0.25) is 23.9 Å². The average molecular weight is 640 g/mol. The van der Waals surface area contributed by atoms with Gasteiger partial charge in [-0.2, -0.15) is 5.10 Å². The molecule has 1 aromatic heterocycles. The lowest BCUT2D eigenvalue weighted by Gasteiger charge is -2.36. The summed E-state index contributed by atoms with van der Waals surface area (Å²) in [7, 11) is 2.00. The van der Waals surface area contributed by atoms with Gasteiger partial charge in [-0.25, -0.2) is 4.39 Å². The Labute approximate surface area is 271 Å². The first kappa shape index (κ1) is 35.1. The van der Waals surface area contributed by atoms with Crippen molar-refractivity contribution in [3.63, 3.8) is 0 Å². The molecule has 0 spiro atoms. The van der Waals surface area contributed by atoms with Crippen molar-refractivity contribution in [1.82, 2.24) is 30.2 Å². The third-order valence-electron chi connectivity index (χ3n) is 9.49. The van der Waals surface area contributed by atoms with E-state index in [0.29, 0.717) is 30.3 Å². The van der Waals surface area contributed by atoms with Gasteiger partial charge in [0.15, 0.2) is 0 Å². The lowest BCUT2D eigenvalue weighted by molar-refractivity contribution is -0.138. The lowest BCUT2D eigenvalue weighted by atomic mass is 9.79. The molecule has 2 aliphatic rings. The van der Waals surface area contributed by atoms with E-state index in [-0.39, 0.29) is 35.9 Å². The number of amides is 4. The van der Waals surface area contributed by atoms with Crippen molar-refractivity contribution in [2.45, 2.75) is 90.8 Å². The number of carbonyl (C=O) groups excluding carboxylic acids is 4. The first-order valence-corrected chi connectivity index (χ1v) is 16.6. The van der Waals surface area contributed by atoms with E-state index >= 15 is 4.39 Å². The SMILES string of the molecule is CCC(=O)N[C@@H](C(=O)N1CCN(C)CC1)[C@@H](C)c1ccc(NC(=O)[C@@H](NC(=O)c2ccnn2C(C)C)C2CCC(C)CC2)c(F)c1. The molecule has 2 aromatic rings. The van der Waals surface area contributed by atoms with Crippen LogP contribution >= 0.6 is 0 Å². The van der Waals surface area contributed by atoms with Gasteiger partial charge in [0, 0.05) is 50.8 Å². The highest BCUT2D eigenvalue weighted by Crippen LogP contribution is 2.32. The van der Waals surface area contributed by atoms with Crippen molar-refractivity contribution in [2.75, 3.05) is 38.5 Å². The van der Waals surface area contributed by atoms with Crippen molar-refractivity contribution < 1.29 is 23.6 Å². The number of nitrogens with zero attached hydrogens (tertiary/aromatic N) is 4. The summed E-state index contributed by atoms with van der Waals surface area (Å²) in [6.45, 7) is 12.1. The van der Waals surface area contributed by atoms with Crippen molar-refractivity contribution in [3.8, 4) is 0 Å².